The second-order valence-corrected chi connectivity index (χ2v) is 8.52. The minimum absolute atomic E-state index is 0.0582. The highest BCUT2D eigenvalue weighted by atomic mass is 32.2. The van der Waals surface area contributed by atoms with Crippen LogP contribution >= 0.6 is 11.3 Å². The summed E-state index contributed by atoms with van der Waals surface area (Å²) in [7, 11) is -3.57. The number of piperidine rings is 1. The number of aromatic nitrogens is 3. The number of hydrogen-bond acceptors (Lipinski definition) is 7. The summed E-state index contributed by atoms with van der Waals surface area (Å²) in [4.78, 5) is 3.37. The van der Waals surface area contributed by atoms with Crippen LogP contribution in [0.2, 0.25) is 0 Å². The highest BCUT2D eigenvalue weighted by Gasteiger charge is 2.26. The number of thiophene rings is 1. The minimum Gasteiger partial charge on any atom is -0.363 e. The lowest BCUT2D eigenvalue weighted by molar-refractivity contribution is 0.417. The molecule has 0 unspecified atom stereocenters. The van der Waals surface area contributed by atoms with Crippen LogP contribution in [0.15, 0.2) is 45.5 Å². The number of H-pyrrole nitrogens is 1. The number of nitrogens with zero attached hydrogens (tertiary/aromatic N) is 3. The minimum atomic E-state index is -3.57. The standard InChI is InChI=1S/C15H17N5O3S2/c21-25(22,12-9-16-23-10-12)19-11-3-5-20(6-4-11)15-8-13(17-18-15)14-2-1-7-24-14/h1-2,7-11,19H,3-6H2,(H,17,18). The third-order valence-corrected chi connectivity index (χ3v) is 6.58. The van der Waals surface area contributed by atoms with Crippen molar-refractivity contribution < 1.29 is 12.9 Å². The van der Waals surface area contributed by atoms with Gasteiger partial charge in [0.1, 0.15) is 11.2 Å². The van der Waals surface area contributed by atoms with Crippen molar-refractivity contribution in [2.75, 3.05) is 18.0 Å². The largest absolute Gasteiger partial charge is 0.363 e. The van der Waals surface area contributed by atoms with Gasteiger partial charge in [0.2, 0.25) is 10.0 Å². The molecule has 0 atom stereocenters. The molecule has 0 saturated carbocycles. The maximum Gasteiger partial charge on any atom is 0.245 e. The molecule has 3 aromatic heterocycles. The van der Waals surface area contributed by atoms with Crippen molar-refractivity contribution in [3.8, 4) is 10.6 Å². The molecule has 0 spiro atoms. The lowest BCUT2D eigenvalue weighted by Crippen LogP contribution is -2.44. The predicted molar refractivity (Wildman–Crippen MR) is 94.0 cm³/mol. The van der Waals surface area contributed by atoms with E-state index in [4.69, 9.17) is 0 Å². The van der Waals surface area contributed by atoms with Crippen molar-refractivity contribution in [1.82, 2.24) is 20.1 Å². The molecule has 0 radical (unpaired) electrons. The number of rotatable bonds is 5. The lowest BCUT2D eigenvalue weighted by atomic mass is 10.1. The molecule has 4 rings (SSSR count). The van der Waals surface area contributed by atoms with Crippen LogP contribution in [-0.2, 0) is 10.0 Å². The van der Waals surface area contributed by atoms with Crippen molar-refractivity contribution in [2.45, 2.75) is 23.8 Å². The van der Waals surface area contributed by atoms with Gasteiger partial charge in [0.25, 0.3) is 0 Å². The third-order valence-electron chi connectivity index (χ3n) is 4.21. The average molecular weight is 379 g/mol. The van der Waals surface area contributed by atoms with Gasteiger partial charge in [-0.05, 0) is 24.3 Å². The van der Waals surface area contributed by atoms with E-state index in [1.165, 1.54) is 6.20 Å². The second-order valence-electron chi connectivity index (χ2n) is 5.86. The molecule has 1 saturated heterocycles. The van der Waals surface area contributed by atoms with Crippen molar-refractivity contribution in [3.05, 3.63) is 36.0 Å². The lowest BCUT2D eigenvalue weighted by Gasteiger charge is -2.32. The number of sulfonamides is 1. The van der Waals surface area contributed by atoms with Crippen LogP contribution in [0.1, 0.15) is 12.8 Å². The molecule has 1 aliphatic rings. The van der Waals surface area contributed by atoms with Crippen molar-refractivity contribution in [2.24, 2.45) is 0 Å². The van der Waals surface area contributed by atoms with E-state index in [1.807, 2.05) is 23.6 Å². The molecule has 4 heterocycles. The van der Waals surface area contributed by atoms with Gasteiger partial charge in [0.15, 0.2) is 5.82 Å². The Morgan fingerprint density at radius 2 is 2.20 bits per heavy atom. The Bertz CT molecular complexity index is 910. The highest BCUT2D eigenvalue weighted by molar-refractivity contribution is 7.89. The fourth-order valence-electron chi connectivity index (χ4n) is 2.87. The molecule has 3 aromatic rings. The van der Waals surface area contributed by atoms with Crippen molar-refractivity contribution >= 4 is 27.2 Å². The number of anilines is 1. The van der Waals surface area contributed by atoms with Gasteiger partial charge >= 0.3 is 0 Å². The third kappa shape index (κ3) is 3.46. The molecule has 10 heteroatoms. The Morgan fingerprint density at radius 1 is 1.36 bits per heavy atom. The molecular formula is C15H17N5O3S2. The average Bonchev–Trinajstić information content (AvgIpc) is 3.35. The Hall–Kier alpha value is -2.17. The van der Waals surface area contributed by atoms with Gasteiger partial charge in [0, 0.05) is 25.2 Å². The Balaban J connectivity index is 1.37. The van der Waals surface area contributed by atoms with E-state index in [1.54, 1.807) is 11.3 Å². The summed E-state index contributed by atoms with van der Waals surface area (Å²) in [6.07, 6.45) is 3.76. The van der Waals surface area contributed by atoms with Crippen LogP contribution < -0.4 is 9.62 Å². The Labute approximate surface area is 148 Å². The van der Waals surface area contributed by atoms with E-state index in [2.05, 4.69) is 29.5 Å². The van der Waals surface area contributed by atoms with Gasteiger partial charge in [-0.15, -0.1) is 11.3 Å². The molecule has 132 valence electrons. The summed E-state index contributed by atoms with van der Waals surface area (Å²) in [6.45, 7) is 1.48. The Morgan fingerprint density at radius 3 is 2.88 bits per heavy atom. The van der Waals surface area contributed by atoms with Gasteiger partial charge in [-0.25, -0.2) is 13.1 Å². The SMILES string of the molecule is O=S(=O)(NC1CCN(c2cc(-c3cccs3)[nH]n2)CC1)c1cnoc1. The van der Waals surface area contributed by atoms with Crippen molar-refractivity contribution in [3.63, 3.8) is 0 Å². The number of hydrogen-bond donors (Lipinski definition) is 2. The molecule has 25 heavy (non-hydrogen) atoms. The topological polar surface area (TPSA) is 104 Å². The van der Waals surface area contributed by atoms with Crippen LogP contribution in [0.4, 0.5) is 5.82 Å². The van der Waals surface area contributed by atoms with E-state index in [-0.39, 0.29) is 10.9 Å². The van der Waals surface area contributed by atoms with Crippen molar-refractivity contribution in [1.29, 1.82) is 0 Å². The van der Waals surface area contributed by atoms with Gasteiger partial charge in [-0.1, -0.05) is 11.2 Å². The van der Waals surface area contributed by atoms with Gasteiger partial charge in [0.05, 0.1) is 16.8 Å². The first-order valence-corrected chi connectivity index (χ1v) is 10.2. The zero-order chi connectivity index (χ0) is 17.3. The molecule has 0 bridgehead atoms. The monoisotopic (exact) mass is 379 g/mol. The molecule has 2 N–H and O–H groups in total. The molecule has 0 aliphatic carbocycles. The van der Waals surface area contributed by atoms with Gasteiger partial charge in [-0.3, -0.25) is 5.10 Å². The maximum atomic E-state index is 12.2. The summed E-state index contributed by atoms with van der Waals surface area (Å²) < 4.78 is 31.7. The molecule has 0 aromatic carbocycles. The second kappa shape index (κ2) is 6.62. The van der Waals surface area contributed by atoms with Crippen LogP contribution in [-0.4, -0.2) is 42.9 Å². The first-order valence-electron chi connectivity index (χ1n) is 7.88. The predicted octanol–water partition coefficient (Wildman–Crippen LogP) is 2.07. The number of aromatic amines is 1. The zero-order valence-electron chi connectivity index (χ0n) is 13.3. The summed E-state index contributed by atoms with van der Waals surface area (Å²) >= 11 is 1.66. The highest BCUT2D eigenvalue weighted by Crippen LogP contribution is 2.27. The molecule has 1 aliphatic heterocycles. The van der Waals surface area contributed by atoms with E-state index >= 15 is 0 Å². The molecule has 0 amide bonds. The van der Waals surface area contributed by atoms with E-state index in [0.29, 0.717) is 12.8 Å². The van der Waals surface area contributed by atoms with E-state index in [0.717, 1.165) is 35.7 Å². The van der Waals surface area contributed by atoms with Gasteiger partial charge < -0.3 is 9.42 Å². The van der Waals surface area contributed by atoms with Crippen LogP contribution in [0.25, 0.3) is 10.6 Å². The van der Waals surface area contributed by atoms with E-state index < -0.39 is 10.0 Å². The first-order chi connectivity index (χ1) is 12.1. The summed E-state index contributed by atoms with van der Waals surface area (Å²) in [5.74, 6) is 0.892. The fourth-order valence-corrected chi connectivity index (χ4v) is 4.73. The Kier molecular flexibility index (Phi) is 4.32. The first kappa shape index (κ1) is 16.3. The normalized spacial score (nSPS) is 16.4. The molecule has 1 fully saturated rings. The van der Waals surface area contributed by atoms with Crippen LogP contribution in [0.5, 0.6) is 0 Å². The quantitative estimate of drug-likeness (QED) is 0.703. The summed E-state index contributed by atoms with van der Waals surface area (Å²) in [6, 6.07) is 5.99. The summed E-state index contributed by atoms with van der Waals surface area (Å²) in [5, 5.41) is 12.9. The molecular weight excluding hydrogens is 362 g/mol. The number of nitrogens with one attached hydrogen (secondary N) is 2. The fraction of sp³-hybridized carbons (Fsp3) is 0.333. The zero-order valence-corrected chi connectivity index (χ0v) is 14.9. The summed E-state index contributed by atoms with van der Waals surface area (Å²) in [5.41, 5.74) is 1.00. The smallest absolute Gasteiger partial charge is 0.245 e. The molecule has 8 nitrogen and oxygen atoms in total. The van der Waals surface area contributed by atoms with Crippen LogP contribution in [0.3, 0.4) is 0 Å². The maximum absolute atomic E-state index is 12.2. The van der Waals surface area contributed by atoms with Gasteiger partial charge in [-0.2, -0.15) is 5.10 Å². The van der Waals surface area contributed by atoms with E-state index in [9.17, 15) is 8.42 Å². The van der Waals surface area contributed by atoms with Crippen LogP contribution in [0, 0.1) is 0 Å².